The van der Waals surface area contributed by atoms with E-state index in [-0.39, 0.29) is 28.8 Å². The van der Waals surface area contributed by atoms with Crippen molar-refractivity contribution < 1.29 is 18.3 Å². The third kappa shape index (κ3) is 5.46. The molecule has 4 aromatic carbocycles. The second kappa shape index (κ2) is 11.2. The zero-order valence-corrected chi connectivity index (χ0v) is 23.8. The van der Waals surface area contributed by atoms with Gasteiger partial charge in [-0.1, -0.05) is 51.8 Å². The molecule has 0 N–H and O–H groups in total. The topological polar surface area (TPSA) is 78.9 Å². The van der Waals surface area contributed by atoms with Crippen molar-refractivity contribution in [3.05, 3.63) is 122 Å². The summed E-state index contributed by atoms with van der Waals surface area (Å²) in [5, 5.41) is 6.00. The molecule has 0 spiro atoms. The zero-order valence-electron chi connectivity index (χ0n) is 21.5. The molecule has 0 atom stereocenters. The minimum Gasteiger partial charge on any atom is -0.493 e. The molecule has 0 unspecified atom stereocenters. The van der Waals surface area contributed by atoms with Gasteiger partial charge in [-0.15, -0.1) is 0 Å². The van der Waals surface area contributed by atoms with Crippen LogP contribution in [-0.4, -0.2) is 23.0 Å². The molecule has 0 saturated carbocycles. The van der Waals surface area contributed by atoms with Crippen LogP contribution in [0.15, 0.2) is 104 Å². The van der Waals surface area contributed by atoms with E-state index in [1.54, 1.807) is 42.5 Å². The van der Waals surface area contributed by atoms with Crippen molar-refractivity contribution in [1.82, 2.24) is 9.66 Å². The van der Waals surface area contributed by atoms with E-state index in [0.29, 0.717) is 44.9 Å². The lowest BCUT2D eigenvalue weighted by atomic mass is 10.2. The van der Waals surface area contributed by atoms with Crippen LogP contribution in [0.1, 0.15) is 11.1 Å². The number of ether oxygens (including phenoxy) is 2. The number of nitrogens with zero attached hydrogens (tertiary/aromatic N) is 3. The van der Waals surface area contributed by atoms with Gasteiger partial charge in [0.1, 0.15) is 18.0 Å². The smallest absolute Gasteiger partial charge is 0.282 e. The van der Waals surface area contributed by atoms with E-state index in [0.717, 1.165) is 9.86 Å². The Morgan fingerprint density at radius 3 is 2.76 bits per heavy atom. The van der Waals surface area contributed by atoms with Gasteiger partial charge >= 0.3 is 0 Å². The molecular weight excluding hydrogens is 613 g/mol. The highest BCUT2D eigenvalue weighted by Crippen LogP contribution is 2.37. The highest BCUT2D eigenvalue weighted by Gasteiger charge is 2.17. The third-order valence-electron chi connectivity index (χ3n) is 6.30. The molecule has 10 heteroatoms. The maximum atomic E-state index is 13.6. The van der Waals surface area contributed by atoms with Crippen LogP contribution in [0.2, 0.25) is 5.02 Å². The molecule has 204 valence electrons. The molecule has 0 saturated heterocycles. The first-order chi connectivity index (χ1) is 19.9. The van der Waals surface area contributed by atoms with Crippen molar-refractivity contribution in [3.8, 4) is 23.1 Å². The van der Waals surface area contributed by atoms with Gasteiger partial charge in [-0.05, 0) is 71.8 Å². The Balaban J connectivity index is 1.40. The SMILES string of the molecule is COc1cc(C=Nn2c(-c3cc4cc(Br)ccc4o3)nc3ccccc3c2=O)cc(Cl)c1OCc1cccc(F)c1. The summed E-state index contributed by atoms with van der Waals surface area (Å²) in [6.07, 6.45) is 1.48. The molecule has 7 nitrogen and oxygen atoms in total. The van der Waals surface area contributed by atoms with Crippen LogP contribution in [0, 0.1) is 5.82 Å². The molecule has 6 rings (SSSR count). The van der Waals surface area contributed by atoms with E-state index >= 15 is 0 Å². The van der Waals surface area contributed by atoms with E-state index in [1.807, 2.05) is 30.3 Å². The number of hydrogen-bond acceptors (Lipinski definition) is 6. The summed E-state index contributed by atoms with van der Waals surface area (Å²) in [6.45, 7) is 0.0941. The molecule has 0 bridgehead atoms. The van der Waals surface area contributed by atoms with Crippen LogP contribution < -0.4 is 15.0 Å². The second-order valence-corrected chi connectivity index (χ2v) is 10.4. The third-order valence-corrected chi connectivity index (χ3v) is 7.07. The lowest BCUT2D eigenvalue weighted by Crippen LogP contribution is -2.20. The first-order valence-corrected chi connectivity index (χ1v) is 13.6. The predicted octanol–water partition coefficient (Wildman–Crippen LogP) is 7.83. The van der Waals surface area contributed by atoms with Gasteiger partial charge < -0.3 is 13.9 Å². The lowest BCUT2D eigenvalue weighted by Gasteiger charge is -2.13. The Hall–Kier alpha value is -4.47. The van der Waals surface area contributed by atoms with Crippen molar-refractivity contribution in [3.63, 3.8) is 0 Å². The fraction of sp³-hybridized carbons (Fsp3) is 0.0645. The molecule has 0 fully saturated rings. The molecule has 0 amide bonds. The van der Waals surface area contributed by atoms with Crippen LogP contribution in [0.5, 0.6) is 11.5 Å². The number of furan rings is 1. The van der Waals surface area contributed by atoms with Crippen molar-refractivity contribution in [2.45, 2.75) is 6.61 Å². The van der Waals surface area contributed by atoms with Crippen molar-refractivity contribution in [2.24, 2.45) is 5.10 Å². The molecule has 6 aromatic rings. The molecule has 41 heavy (non-hydrogen) atoms. The Bertz CT molecular complexity index is 2020. The monoisotopic (exact) mass is 631 g/mol. The number of methoxy groups -OCH3 is 1. The number of fused-ring (bicyclic) bond motifs is 2. The Morgan fingerprint density at radius 1 is 1.07 bits per heavy atom. The summed E-state index contributed by atoms with van der Waals surface area (Å²) in [5.74, 6) is 0.917. The standard InChI is InChI=1S/C31H20BrClFN3O4/c1-39-27-13-19(12-24(33)29(27)40-17-18-5-4-6-22(34)11-18)16-35-37-30(36-25-8-3-2-7-23(25)31(37)38)28-15-20-14-21(32)9-10-26(20)41-28/h2-16H,17H2,1H3. The van der Waals surface area contributed by atoms with Gasteiger partial charge in [0.25, 0.3) is 5.56 Å². The van der Waals surface area contributed by atoms with Crippen LogP contribution in [0.4, 0.5) is 4.39 Å². The van der Waals surface area contributed by atoms with Gasteiger partial charge in [-0.3, -0.25) is 4.79 Å². The summed E-state index contributed by atoms with van der Waals surface area (Å²) in [7, 11) is 1.48. The maximum Gasteiger partial charge on any atom is 0.282 e. The van der Waals surface area contributed by atoms with Gasteiger partial charge in [0, 0.05) is 9.86 Å². The van der Waals surface area contributed by atoms with Crippen molar-refractivity contribution in [2.75, 3.05) is 7.11 Å². The van der Waals surface area contributed by atoms with E-state index in [9.17, 15) is 9.18 Å². The van der Waals surface area contributed by atoms with Crippen LogP contribution in [0.3, 0.4) is 0 Å². The maximum absolute atomic E-state index is 13.6. The van der Waals surface area contributed by atoms with Gasteiger partial charge in [-0.25, -0.2) is 9.37 Å². The minimum atomic E-state index is -0.364. The van der Waals surface area contributed by atoms with Gasteiger partial charge in [0.05, 0.1) is 29.2 Å². The first-order valence-electron chi connectivity index (χ1n) is 12.4. The molecule has 2 aromatic heterocycles. The summed E-state index contributed by atoms with van der Waals surface area (Å²) in [6, 6.07) is 23.9. The molecule has 0 aliphatic rings. The van der Waals surface area contributed by atoms with Gasteiger partial charge in [0.2, 0.25) is 5.82 Å². The number of rotatable bonds is 7. The molecule has 0 radical (unpaired) electrons. The highest BCUT2D eigenvalue weighted by atomic mass is 79.9. The predicted molar refractivity (Wildman–Crippen MR) is 161 cm³/mol. The molecular formula is C31H20BrClFN3O4. The number of para-hydroxylation sites is 1. The minimum absolute atomic E-state index is 0.0941. The number of halogens is 3. The van der Waals surface area contributed by atoms with Gasteiger partial charge in [-0.2, -0.15) is 9.78 Å². The number of aromatic nitrogens is 2. The first kappa shape index (κ1) is 26.7. The molecule has 0 aliphatic carbocycles. The summed E-state index contributed by atoms with van der Waals surface area (Å²) in [5.41, 5.74) is 1.99. The van der Waals surface area contributed by atoms with Crippen molar-refractivity contribution >= 4 is 55.6 Å². The van der Waals surface area contributed by atoms with Crippen molar-refractivity contribution in [1.29, 1.82) is 0 Å². The number of benzene rings is 4. The van der Waals surface area contributed by atoms with Gasteiger partial charge in [0.15, 0.2) is 17.3 Å². The van der Waals surface area contributed by atoms with Crippen LogP contribution >= 0.6 is 27.5 Å². The zero-order chi connectivity index (χ0) is 28.5. The quantitative estimate of drug-likeness (QED) is 0.168. The van der Waals surface area contributed by atoms with Crippen LogP contribution in [0.25, 0.3) is 33.5 Å². The van der Waals surface area contributed by atoms with E-state index < -0.39 is 0 Å². The second-order valence-electron chi connectivity index (χ2n) is 9.06. The molecule has 2 heterocycles. The number of hydrogen-bond donors (Lipinski definition) is 0. The normalized spacial score (nSPS) is 11.5. The average Bonchev–Trinajstić information content (AvgIpc) is 3.39. The summed E-state index contributed by atoms with van der Waals surface area (Å²) >= 11 is 10.0. The van der Waals surface area contributed by atoms with E-state index in [2.05, 4.69) is 21.0 Å². The summed E-state index contributed by atoms with van der Waals surface area (Å²) < 4.78 is 33.1. The highest BCUT2D eigenvalue weighted by molar-refractivity contribution is 9.10. The largest absolute Gasteiger partial charge is 0.493 e. The molecule has 0 aliphatic heterocycles. The van der Waals surface area contributed by atoms with Crippen LogP contribution in [-0.2, 0) is 6.61 Å². The van der Waals surface area contributed by atoms with E-state index in [4.69, 9.17) is 30.5 Å². The Labute approximate surface area is 246 Å². The fourth-order valence-corrected chi connectivity index (χ4v) is 5.03. The van der Waals surface area contributed by atoms with E-state index in [1.165, 1.54) is 30.1 Å². The average molecular weight is 633 g/mol. The summed E-state index contributed by atoms with van der Waals surface area (Å²) in [4.78, 5) is 18.3. The fourth-order valence-electron chi connectivity index (χ4n) is 4.38. The lowest BCUT2D eigenvalue weighted by molar-refractivity contribution is 0.284. The Morgan fingerprint density at radius 2 is 1.93 bits per heavy atom. The Kier molecular flexibility index (Phi) is 7.30.